The highest BCUT2D eigenvalue weighted by Crippen LogP contribution is 2.19. The summed E-state index contributed by atoms with van der Waals surface area (Å²) in [5.74, 6) is -0.685. The van der Waals surface area contributed by atoms with E-state index in [-0.39, 0.29) is 11.8 Å². The van der Waals surface area contributed by atoms with Crippen LogP contribution in [0.3, 0.4) is 0 Å². The van der Waals surface area contributed by atoms with Gasteiger partial charge in [0.05, 0.1) is 5.69 Å². The first-order valence-electron chi connectivity index (χ1n) is 4.57. The molecule has 5 nitrogen and oxygen atoms in total. The first kappa shape index (κ1) is 8.93. The summed E-state index contributed by atoms with van der Waals surface area (Å²) < 4.78 is 1.27. The number of fused-ring (bicyclic) bond motifs is 1. The summed E-state index contributed by atoms with van der Waals surface area (Å²) in [5.41, 5.74) is 0.808. The van der Waals surface area contributed by atoms with Crippen LogP contribution in [0, 0.1) is 5.92 Å². The number of hydrogen-bond donors (Lipinski definition) is 1. The number of carbonyl (C=O) groups is 2. The molecule has 1 aromatic rings. The molecule has 2 heterocycles. The zero-order chi connectivity index (χ0) is 10.3. The Balaban J connectivity index is 2.48. The Morgan fingerprint density at radius 3 is 2.93 bits per heavy atom. The van der Waals surface area contributed by atoms with Gasteiger partial charge in [0.25, 0.3) is 5.91 Å². The van der Waals surface area contributed by atoms with E-state index in [0.717, 1.165) is 12.1 Å². The number of nitrogens with one attached hydrogen (secondary N) is 1. The van der Waals surface area contributed by atoms with Crippen molar-refractivity contribution in [2.24, 2.45) is 5.92 Å². The molecule has 0 saturated heterocycles. The van der Waals surface area contributed by atoms with E-state index in [1.807, 2.05) is 6.92 Å². The van der Waals surface area contributed by atoms with E-state index in [0.29, 0.717) is 5.82 Å². The van der Waals surface area contributed by atoms with Crippen LogP contribution in [-0.2, 0) is 11.2 Å². The molecule has 0 saturated carbocycles. The van der Waals surface area contributed by atoms with Crippen LogP contribution in [0.2, 0.25) is 0 Å². The van der Waals surface area contributed by atoms with Crippen molar-refractivity contribution in [3.63, 3.8) is 0 Å². The van der Waals surface area contributed by atoms with Crippen molar-refractivity contribution in [1.82, 2.24) is 9.78 Å². The quantitative estimate of drug-likeness (QED) is 0.667. The highest BCUT2D eigenvalue weighted by atomic mass is 16.2. The molecule has 0 spiro atoms. The van der Waals surface area contributed by atoms with Gasteiger partial charge in [0.2, 0.25) is 5.91 Å². The van der Waals surface area contributed by atoms with Crippen LogP contribution in [0.5, 0.6) is 0 Å². The summed E-state index contributed by atoms with van der Waals surface area (Å²) in [6.45, 7) is 3.53. The van der Waals surface area contributed by atoms with Crippen molar-refractivity contribution in [2.75, 3.05) is 5.32 Å². The van der Waals surface area contributed by atoms with E-state index in [9.17, 15) is 9.59 Å². The fourth-order valence-electron chi connectivity index (χ4n) is 1.39. The molecule has 0 aromatic carbocycles. The van der Waals surface area contributed by atoms with Crippen molar-refractivity contribution in [2.45, 2.75) is 20.3 Å². The second kappa shape index (κ2) is 2.94. The Labute approximate surface area is 81.1 Å². The van der Waals surface area contributed by atoms with Gasteiger partial charge in [0, 0.05) is 6.07 Å². The van der Waals surface area contributed by atoms with Crippen molar-refractivity contribution in [3.05, 3.63) is 11.8 Å². The van der Waals surface area contributed by atoms with Crippen molar-refractivity contribution in [1.29, 1.82) is 0 Å². The number of rotatable bonds is 1. The second-order valence-electron chi connectivity index (χ2n) is 3.34. The fourth-order valence-corrected chi connectivity index (χ4v) is 1.39. The molecule has 1 aliphatic heterocycles. The van der Waals surface area contributed by atoms with Crippen LogP contribution in [0.1, 0.15) is 24.3 Å². The zero-order valence-electron chi connectivity index (χ0n) is 8.07. The van der Waals surface area contributed by atoms with Gasteiger partial charge in [0.15, 0.2) is 0 Å². The highest BCUT2D eigenvalue weighted by molar-refractivity contribution is 6.10. The van der Waals surface area contributed by atoms with Crippen LogP contribution in [0.4, 0.5) is 5.82 Å². The fraction of sp³-hybridized carbons (Fsp3) is 0.444. The second-order valence-corrected chi connectivity index (χ2v) is 3.34. The molecular weight excluding hydrogens is 182 g/mol. The van der Waals surface area contributed by atoms with Gasteiger partial charge >= 0.3 is 0 Å². The average molecular weight is 193 g/mol. The maximum Gasteiger partial charge on any atom is 0.261 e. The summed E-state index contributed by atoms with van der Waals surface area (Å²) >= 11 is 0. The van der Waals surface area contributed by atoms with E-state index in [4.69, 9.17) is 0 Å². The van der Waals surface area contributed by atoms with Crippen LogP contribution in [0.25, 0.3) is 0 Å². The lowest BCUT2D eigenvalue weighted by atomic mass is 10.1. The van der Waals surface area contributed by atoms with Gasteiger partial charge in [-0.2, -0.15) is 9.78 Å². The summed E-state index contributed by atoms with van der Waals surface area (Å²) in [5, 5.41) is 6.72. The van der Waals surface area contributed by atoms with Crippen molar-refractivity contribution in [3.8, 4) is 0 Å². The largest absolute Gasteiger partial charge is 0.310 e. The molecule has 0 bridgehead atoms. The lowest BCUT2D eigenvalue weighted by Crippen LogP contribution is -2.37. The molecule has 2 rings (SSSR count). The zero-order valence-corrected chi connectivity index (χ0v) is 8.07. The molecule has 1 atom stereocenters. The number of nitrogens with zero attached hydrogens (tertiary/aromatic N) is 2. The van der Waals surface area contributed by atoms with Gasteiger partial charge in [0.1, 0.15) is 11.7 Å². The van der Waals surface area contributed by atoms with Crippen LogP contribution < -0.4 is 5.32 Å². The van der Waals surface area contributed by atoms with Crippen LogP contribution in [0.15, 0.2) is 6.07 Å². The van der Waals surface area contributed by atoms with Gasteiger partial charge in [-0.15, -0.1) is 0 Å². The summed E-state index contributed by atoms with van der Waals surface area (Å²) in [6.07, 6.45) is 0.748. The average Bonchev–Trinajstić information content (AvgIpc) is 2.57. The summed E-state index contributed by atoms with van der Waals surface area (Å²) in [7, 11) is 0. The van der Waals surface area contributed by atoms with Gasteiger partial charge in [-0.1, -0.05) is 6.92 Å². The normalized spacial score (nSPS) is 20.6. The van der Waals surface area contributed by atoms with Gasteiger partial charge in [-0.25, -0.2) is 0 Å². The topological polar surface area (TPSA) is 64.0 Å². The molecule has 0 aliphatic carbocycles. The molecule has 0 fully saturated rings. The molecular formula is C9H11N3O2. The van der Waals surface area contributed by atoms with Crippen molar-refractivity contribution >= 4 is 17.6 Å². The van der Waals surface area contributed by atoms with E-state index in [2.05, 4.69) is 10.4 Å². The Morgan fingerprint density at radius 2 is 2.29 bits per heavy atom. The van der Waals surface area contributed by atoms with E-state index >= 15 is 0 Å². The number of anilines is 1. The minimum absolute atomic E-state index is 0.259. The lowest BCUT2D eigenvalue weighted by molar-refractivity contribution is -0.118. The van der Waals surface area contributed by atoms with Gasteiger partial charge < -0.3 is 5.32 Å². The molecule has 0 radical (unpaired) electrons. The van der Waals surface area contributed by atoms with Crippen LogP contribution >= 0.6 is 0 Å². The molecule has 74 valence electrons. The predicted octanol–water partition coefficient (Wildman–Crippen LogP) is 0.674. The van der Waals surface area contributed by atoms with Gasteiger partial charge in [-0.05, 0) is 13.3 Å². The summed E-state index contributed by atoms with van der Waals surface area (Å²) in [4.78, 5) is 22.9. The van der Waals surface area contributed by atoms with Crippen molar-refractivity contribution < 1.29 is 9.59 Å². The number of aromatic nitrogens is 2. The number of carbonyl (C=O) groups excluding carboxylic acids is 2. The SMILES string of the molecule is CCc1cc2n(n1)C(=O)C(C)C(=O)N2. The number of aryl methyl sites for hydroxylation is 1. The number of hydrogen-bond acceptors (Lipinski definition) is 3. The Bertz CT molecular complexity index is 408. The molecule has 1 aliphatic rings. The number of amides is 1. The smallest absolute Gasteiger partial charge is 0.261 e. The third-order valence-corrected chi connectivity index (χ3v) is 2.35. The third-order valence-electron chi connectivity index (χ3n) is 2.35. The molecule has 1 amide bonds. The van der Waals surface area contributed by atoms with E-state index in [1.165, 1.54) is 4.68 Å². The molecule has 1 N–H and O–H groups in total. The Morgan fingerprint density at radius 1 is 1.57 bits per heavy atom. The lowest BCUT2D eigenvalue weighted by Gasteiger charge is -2.17. The monoisotopic (exact) mass is 193 g/mol. The molecule has 1 aromatic heterocycles. The van der Waals surface area contributed by atoms with E-state index < -0.39 is 5.92 Å². The van der Waals surface area contributed by atoms with Crippen LogP contribution in [-0.4, -0.2) is 21.6 Å². The minimum atomic E-state index is -0.646. The molecule has 5 heteroatoms. The maximum absolute atomic E-state index is 11.6. The Hall–Kier alpha value is -1.65. The molecule has 14 heavy (non-hydrogen) atoms. The van der Waals surface area contributed by atoms with E-state index in [1.54, 1.807) is 13.0 Å². The standard InChI is InChI=1S/C9H11N3O2/c1-3-6-4-7-10-8(13)5(2)9(14)12(7)11-6/h4-5H,3H2,1-2H3,(H,10,13). The molecule has 1 unspecified atom stereocenters. The van der Waals surface area contributed by atoms with Gasteiger partial charge in [-0.3, -0.25) is 9.59 Å². The Kier molecular flexibility index (Phi) is 1.87. The predicted molar refractivity (Wildman–Crippen MR) is 50.0 cm³/mol. The third kappa shape index (κ3) is 1.13. The summed E-state index contributed by atoms with van der Waals surface area (Å²) in [6, 6.07) is 1.72. The first-order chi connectivity index (χ1) is 6.63. The first-order valence-corrected chi connectivity index (χ1v) is 4.57. The highest BCUT2D eigenvalue weighted by Gasteiger charge is 2.31. The minimum Gasteiger partial charge on any atom is -0.310 e. The maximum atomic E-state index is 11.6.